The zero-order valence-electron chi connectivity index (χ0n) is 9.55. The van der Waals surface area contributed by atoms with Crippen LogP contribution in [0.25, 0.3) is 11.3 Å². The smallest absolute Gasteiger partial charge is 0.272 e. The number of benzene rings is 1. The SMILES string of the molecule is Oc1cc(Cl)ccc1-c1cnc(OCC(F)F)cn1. The Balaban J connectivity index is 2.18. The van der Waals surface area contributed by atoms with E-state index in [0.29, 0.717) is 16.3 Å². The molecule has 0 radical (unpaired) electrons. The van der Waals surface area contributed by atoms with Gasteiger partial charge < -0.3 is 9.84 Å². The monoisotopic (exact) mass is 286 g/mol. The lowest BCUT2D eigenvalue weighted by atomic mass is 10.1. The van der Waals surface area contributed by atoms with Crippen molar-refractivity contribution in [1.29, 1.82) is 0 Å². The summed E-state index contributed by atoms with van der Waals surface area (Å²) in [5.74, 6) is -0.0412. The maximum atomic E-state index is 11.9. The van der Waals surface area contributed by atoms with Crippen LogP contribution in [0.3, 0.4) is 0 Å². The van der Waals surface area contributed by atoms with Crippen LogP contribution in [0.1, 0.15) is 0 Å². The van der Waals surface area contributed by atoms with Gasteiger partial charge in [0.2, 0.25) is 5.88 Å². The standard InChI is InChI=1S/C12H9ClF2N2O2/c13-7-1-2-8(10(18)3-7)9-4-17-12(5-16-9)19-6-11(14)15/h1-5,11,18H,6H2. The lowest BCUT2D eigenvalue weighted by molar-refractivity contribution is 0.0794. The molecule has 100 valence electrons. The second-order valence-electron chi connectivity index (χ2n) is 3.60. The molecule has 0 aliphatic rings. The average molecular weight is 287 g/mol. The summed E-state index contributed by atoms with van der Waals surface area (Å²) in [5.41, 5.74) is 0.830. The molecule has 0 fully saturated rings. The number of nitrogens with zero attached hydrogens (tertiary/aromatic N) is 2. The van der Waals surface area contributed by atoms with Crippen LogP contribution >= 0.6 is 11.6 Å². The minimum absolute atomic E-state index is 0.00231. The van der Waals surface area contributed by atoms with Crippen molar-refractivity contribution >= 4 is 11.6 Å². The zero-order valence-corrected chi connectivity index (χ0v) is 10.3. The number of phenols is 1. The van der Waals surface area contributed by atoms with Gasteiger partial charge in [-0.05, 0) is 18.2 Å². The van der Waals surface area contributed by atoms with Crippen molar-refractivity contribution < 1.29 is 18.6 Å². The zero-order chi connectivity index (χ0) is 13.8. The van der Waals surface area contributed by atoms with Crippen LogP contribution in [-0.4, -0.2) is 28.1 Å². The Bertz CT molecular complexity index is 564. The summed E-state index contributed by atoms with van der Waals surface area (Å²) < 4.78 is 28.6. The van der Waals surface area contributed by atoms with Crippen molar-refractivity contribution in [2.24, 2.45) is 0 Å². The van der Waals surface area contributed by atoms with Gasteiger partial charge in [0.15, 0.2) is 6.61 Å². The maximum absolute atomic E-state index is 11.9. The number of ether oxygens (including phenoxy) is 1. The molecule has 7 heteroatoms. The third-order valence-corrected chi connectivity index (χ3v) is 2.46. The Morgan fingerprint density at radius 2 is 2.05 bits per heavy atom. The predicted molar refractivity (Wildman–Crippen MR) is 65.6 cm³/mol. The van der Waals surface area contributed by atoms with Crippen LogP contribution in [0.15, 0.2) is 30.6 Å². The van der Waals surface area contributed by atoms with Gasteiger partial charge in [-0.2, -0.15) is 0 Å². The molecule has 0 aliphatic heterocycles. The van der Waals surface area contributed by atoms with Crippen molar-refractivity contribution in [2.75, 3.05) is 6.61 Å². The Labute approximate surface area is 112 Å². The fourth-order valence-corrected chi connectivity index (χ4v) is 1.57. The largest absolute Gasteiger partial charge is 0.507 e. The molecule has 1 heterocycles. The predicted octanol–water partition coefficient (Wildman–Crippen LogP) is 3.15. The summed E-state index contributed by atoms with van der Waals surface area (Å²) in [6.07, 6.45) is -0.0306. The number of phenolic OH excluding ortho intramolecular Hbond substituents is 1. The quantitative estimate of drug-likeness (QED) is 0.938. The highest BCUT2D eigenvalue weighted by atomic mass is 35.5. The summed E-state index contributed by atoms with van der Waals surface area (Å²) in [7, 11) is 0. The molecule has 2 aromatic rings. The van der Waals surface area contributed by atoms with E-state index < -0.39 is 13.0 Å². The van der Waals surface area contributed by atoms with E-state index >= 15 is 0 Å². The third kappa shape index (κ3) is 3.51. The molecule has 2 rings (SSSR count). The van der Waals surface area contributed by atoms with Crippen LogP contribution in [0.4, 0.5) is 8.78 Å². The minimum atomic E-state index is -2.57. The summed E-state index contributed by atoms with van der Waals surface area (Å²) >= 11 is 5.71. The second kappa shape index (κ2) is 5.79. The van der Waals surface area contributed by atoms with Gasteiger partial charge in [0, 0.05) is 10.6 Å². The van der Waals surface area contributed by atoms with E-state index in [-0.39, 0.29) is 11.6 Å². The first kappa shape index (κ1) is 13.5. The highest BCUT2D eigenvalue weighted by Gasteiger charge is 2.08. The first-order valence-corrected chi connectivity index (χ1v) is 5.66. The van der Waals surface area contributed by atoms with E-state index in [1.54, 1.807) is 12.1 Å². The Morgan fingerprint density at radius 1 is 1.26 bits per heavy atom. The molecule has 19 heavy (non-hydrogen) atoms. The van der Waals surface area contributed by atoms with Crippen LogP contribution in [0.2, 0.25) is 5.02 Å². The van der Waals surface area contributed by atoms with Gasteiger partial charge in [-0.25, -0.2) is 18.7 Å². The van der Waals surface area contributed by atoms with Crippen molar-refractivity contribution in [1.82, 2.24) is 9.97 Å². The Hall–Kier alpha value is -1.95. The number of halogens is 3. The van der Waals surface area contributed by atoms with Gasteiger partial charge in [0.05, 0.1) is 18.1 Å². The van der Waals surface area contributed by atoms with Gasteiger partial charge in [-0.3, -0.25) is 0 Å². The number of hydrogen-bond acceptors (Lipinski definition) is 4. The van der Waals surface area contributed by atoms with Crippen molar-refractivity contribution in [3.63, 3.8) is 0 Å². The van der Waals surface area contributed by atoms with Crippen molar-refractivity contribution in [2.45, 2.75) is 6.43 Å². The van der Waals surface area contributed by atoms with E-state index in [0.717, 1.165) is 0 Å². The van der Waals surface area contributed by atoms with Gasteiger partial charge in [0.25, 0.3) is 6.43 Å². The number of rotatable bonds is 4. The Kier molecular flexibility index (Phi) is 4.11. The van der Waals surface area contributed by atoms with Crippen LogP contribution < -0.4 is 4.74 Å². The fourth-order valence-electron chi connectivity index (χ4n) is 1.40. The molecule has 0 bridgehead atoms. The van der Waals surface area contributed by atoms with Gasteiger partial charge in [-0.15, -0.1) is 0 Å². The Morgan fingerprint density at radius 3 is 2.63 bits per heavy atom. The number of aromatic nitrogens is 2. The molecular weight excluding hydrogens is 278 g/mol. The molecule has 4 nitrogen and oxygen atoms in total. The average Bonchev–Trinajstić information content (AvgIpc) is 2.37. The number of aromatic hydroxyl groups is 1. The first-order valence-electron chi connectivity index (χ1n) is 5.28. The molecule has 0 amide bonds. The summed E-state index contributed by atoms with van der Waals surface area (Å²) in [5, 5.41) is 10.1. The first-order chi connectivity index (χ1) is 9.06. The molecular formula is C12H9ClF2N2O2. The van der Waals surface area contributed by atoms with Crippen molar-refractivity contribution in [3.05, 3.63) is 35.6 Å². The molecule has 0 saturated heterocycles. The van der Waals surface area contributed by atoms with E-state index in [2.05, 4.69) is 9.97 Å². The van der Waals surface area contributed by atoms with Gasteiger partial charge >= 0.3 is 0 Å². The summed E-state index contributed by atoms with van der Waals surface area (Å²) in [6.45, 7) is -0.736. The summed E-state index contributed by atoms with van der Waals surface area (Å²) in [6, 6.07) is 4.56. The van der Waals surface area contributed by atoms with E-state index in [9.17, 15) is 13.9 Å². The molecule has 0 unspecified atom stereocenters. The van der Waals surface area contributed by atoms with Crippen molar-refractivity contribution in [3.8, 4) is 22.9 Å². The lowest BCUT2D eigenvalue weighted by Crippen LogP contribution is -2.08. The van der Waals surface area contributed by atoms with E-state index in [1.807, 2.05) is 0 Å². The normalized spacial score (nSPS) is 10.7. The minimum Gasteiger partial charge on any atom is -0.507 e. The highest BCUT2D eigenvalue weighted by molar-refractivity contribution is 6.30. The number of hydrogen-bond donors (Lipinski definition) is 1. The maximum Gasteiger partial charge on any atom is 0.272 e. The number of alkyl halides is 2. The van der Waals surface area contributed by atoms with E-state index in [1.165, 1.54) is 18.5 Å². The van der Waals surface area contributed by atoms with Crippen LogP contribution in [0, 0.1) is 0 Å². The molecule has 0 atom stereocenters. The van der Waals surface area contributed by atoms with Crippen LogP contribution in [0.5, 0.6) is 11.6 Å². The lowest BCUT2D eigenvalue weighted by Gasteiger charge is -2.06. The third-order valence-electron chi connectivity index (χ3n) is 2.22. The molecule has 0 aliphatic carbocycles. The molecule has 0 saturated carbocycles. The molecule has 0 spiro atoms. The van der Waals surface area contributed by atoms with E-state index in [4.69, 9.17) is 16.3 Å². The highest BCUT2D eigenvalue weighted by Crippen LogP contribution is 2.30. The van der Waals surface area contributed by atoms with Gasteiger partial charge in [-0.1, -0.05) is 11.6 Å². The van der Waals surface area contributed by atoms with Gasteiger partial charge in [0.1, 0.15) is 5.75 Å². The van der Waals surface area contributed by atoms with Crippen LogP contribution in [-0.2, 0) is 0 Å². The molecule has 1 aromatic heterocycles. The molecule has 1 aromatic carbocycles. The topological polar surface area (TPSA) is 55.2 Å². The fraction of sp³-hybridized carbons (Fsp3) is 0.167. The molecule has 1 N–H and O–H groups in total. The summed E-state index contributed by atoms with van der Waals surface area (Å²) in [4.78, 5) is 7.81. The second-order valence-corrected chi connectivity index (χ2v) is 4.04.